The standard InChI is InChI=1S/C5H10S2/c1-4-3-6-7-5(4)2/h4-5H,3H2,1-2H3/t4-,5-/m1/s1. The van der Waals surface area contributed by atoms with E-state index in [9.17, 15) is 0 Å². The van der Waals surface area contributed by atoms with Crippen LogP contribution in [0.3, 0.4) is 0 Å². The monoisotopic (exact) mass is 134 g/mol. The van der Waals surface area contributed by atoms with Gasteiger partial charge >= 0.3 is 0 Å². The lowest BCUT2D eigenvalue weighted by molar-refractivity contribution is 0.665. The number of hydrogen-bond acceptors (Lipinski definition) is 2. The van der Waals surface area contributed by atoms with Crippen molar-refractivity contribution in [1.29, 1.82) is 0 Å². The summed E-state index contributed by atoms with van der Waals surface area (Å²) in [6.45, 7) is 4.62. The van der Waals surface area contributed by atoms with Gasteiger partial charge in [0.2, 0.25) is 0 Å². The fraction of sp³-hybridized carbons (Fsp3) is 1.00. The van der Waals surface area contributed by atoms with Crippen LogP contribution in [0.25, 0.3) is 0 Å². The molecule has 7 heavy (non-hydrogen) atoms. The van der Waals surface area contributed by atoms with E-state index in [1.807, 2.05) is 21.6 Å². The van der Waals surface area contributed by atoms with Crippen LogP contribution in [0.5, 0.6) is 0 Å². The molecule has 0 aromatic rings. The molecular weight excluding hydrogens is 124 g/mol. The molecule has 0 amide bonds. The lowest BCUT2D eigenvalue weighted by Gasteiger charge is -2.02. The summed E-state index contributed by atoms with van der Waals surface area (Å²) in [5.41, 5.74) is 0. The number of rotatable bonds is 0. The van der Waals surface area contributed by atoms with Crippen LogP contribution in [-0.2, 0) is 0 Å². The smallest absolute Gasteiger partial charge is 0.0156 e. The maximum atomic E-state index is 2.32. The van der Waals surface area contributed by atoms with Crippen LogP contribution < -0.4 is 0 Å². The van der Waals surface area contributed by atoms with Crippen molar-refractivity contribution < 1.29 is 0 Å². The third-order valence-corrected chi connectivity index (χ3v) is 4.65. The Morgan fingerprint density at radius 1 is 1.43 bits per heavy atom. The van der Waals surface area contributed by atoms with Crippen molar-refractivity contribution in [3.05, 3.63) is 0 Å². The second-order valence-corrected chi connectivity index (χ2v) is 4.85. The Morgan fingerprint density at radius 3 is 2.29 bits per heavy atom. The van der Waals surface area contributed by atoms with Gasteiger partial charge in [0, 0.05) is 11.0 Å². The Bertz CT molecular complexity index is 55.1. The van der Waals surface area contributed by atoms with Crippen molar-refractivity contribution in [1.82, 2.24) is 0 Å². The second kappa shape index (κ2) is 2.31. The van der Waals surface area contributed by atoms with Crippen molar-refractivity contribution in [3.63, 3.8) is 0 Å². The molecule has 0 unspecified atom stereocenters. The van der Waals surface area contributed by atoms with Gasteiger partial charge in [0.05, 0.1) is 0 Å². The highest BCUT2D eigenvalue weighted by Gasteiger charge is 2.19. The lowest BCUT2D eigenvalue weighted by atomic mass is 10.1. The second-order valence-electron chi connectivity index (χ2n) is 2.06. The zero-order valence-electron chi connectivity index (χ0n) is 4.68. The van der Waals surface area contributed by atoms with E-state index in [0.717, 1.165) is 11.2 Å². The highest BCUT2D eigenvalue weighted by molar-refractivity contribution is 8.77. The molecule has 1 aliphatic heterocycles. The molecule has 1 aliphatic rings. The first-order chi connectivity index (χ1) is 3.30. The van der Waals surface area contributed by atoms with Gasteiger partial charge in [0.1, 0.15) is 0 Å². The average molecular weight is 134 g/mol. The molecule has 1 saturated heterocycles. The van der Waals surface area contributed by atoms with Gasteiger partial charge in [-0.2, -0.15) is 0 Å². The molecule has 1 heterocycles. The van der Waals surface area contributed by atoms with E-state index in [-0.39, 0.29) is 0 Å². The Labute approximate surface area is 52.8 Å². The van der Waals surface area contributed by atoms with E-state index in [1.54, 1.807) is 0 Å². The normalized spacial score (nSPS) is 42.0. The minimum atomic E-state index is 0.894. The van der Waals surface area contributed by atoms with Gasteiger partial charge in [-0.25, -0.2) is 0 Å². The summed E-state index contributed by atoms with van der Waals surface area (Å²) >= 11 is 0. The van der Waals surface area contributed by atoms with Crippen LogP contribution in [0, 0.1) is 5.92 Å². The first-order valence-electron chi connectivity index (χ1n) is 2.59. The molecule has 0 spiro atoms. The highest BCUT2D eigenvalue weighted by Crippen LogP contribution is 2.40. The Morgan fingerprint density at radius 2 is 2.14 bits per heavy atom. The van der Waals surface area contributed by atoms with Gasteiger partial charge in [-0.3, -0.25) is 0 Å². The maximum Gasteiger partial charge on any atom is 0.0156 e. The van der Waals surface area contributed by atoms with Crippen molar-refractivity contribution in [3.8, 4) is 0 Å². The minimum absolute atomic E-state index is 0.894. The van der Waals surface area contributed by atoms with Crippen molar-refractivity contribution in [2.45, 2.75) is 19.1 Å². The van der Waals surface area contributed by atoms with Crippen molar-refractivity contribution in [2.75, 3.05) is 5.75 Å². The summed E-state index contributed by atoms with van der Waals surface area (Å²) in [5.74, 6) is 2.29. The molecule has 1 fully saturated rings. The van der Waals surface area contributed by atoms with Crippen LogP contribution in [0.1, 0.15) is 13.8 Å². The molecule has 2 atom stereocenters. The molecule has 0 radical (unpaired) electrons. The third kappa shape index (κ3) is 1.29. The molecule has 2 heteroatoms. The predicted molar refractivity (Wildman–Crippen MR) is 38.7 cm³/mol. The van der Waals surface area contributed by atoms with Gasteiger partial charge < -0.3 is 0 Å². The number of hydrogen-bond donors (Lipinski definition) is 0. The molecule has 42 valence electrons. The van der Waals surface area contributed by atoms with E-state index >= 15 is 0 Å². The van der Waals surface area contributed by atoms with Crippen molar-refractivity contribution >= 4 is 21.6 Å². The molecule has 0 N–H and O–H groups in total. The van der Waals surface area contributed by atoms with Crippen LogP contribution in [-0.4, -0.2) is 11.0 Å². The first kappa shape index (κ1) is 5.83. The summed E-state index contributed by atoms with van der Waals surface area (Å²) in [7, 11) is 4.03. The maximum absolute atomic E-state index is 2.32. The summed E-state index contributed by atoms with van der Waals surface area (Å²) in [5, 5.41) is 0.894. The molecule has 1 rings (SSSR count). The molecular formula is C5H10S2. The fourth-order valence-electron chi connectivity index (χ4n) is 0.484. The summed E-state index contributed by atoms with van der Waals surface area (Å²) in [6.07, 6.45) is 0. The first-order valence-corrected chi connectivity index (χ1v) is 4.97. The summed E-state index contributed by atoms with van der Waals surface area (Å²) in [4.78, 5) is 0. The van der Waals surface area contributed by atoms with Gasteiger partial charge in [0.15, 0.2) is 0 Å². The Balaban J connectivity index is 2.33. The molecule has 0 nitrogen and oxygen atoms in total. The van der Waals surface area contributed by atoms with Crippen LogP contribution in [0.15, 0.2) is 0 Å². The highest BCUT2D eigenvalue weighted by atomic mass is 33.1. The van der Waals surface area contributed by atoms with Crippen LogP contribution >= 0.6 is 21.6 Å². The Hall–Kier alpha value is 0.700. The minimum Gasteiger partial charge on any atom is -0.0936 e. The quantitative estimate of drug-likeness (QED) is 0.467. The van der Waals surface area contributed by atoms with Gasteiger partial charge in [-0.1, -0.05) is 35.4 Å². The average Bonchev–Trinajstić information content (AvgIpc) is 1.91. The van der Waals surface area contributed by atoms with Gasteiger partial charge in [0.25, 0.3) is 0 Å². The third-order valence-electron chi connectivity index (χ3n) is 1.35. The van der Waals surface area contributed by atoms with E-state index in [0.29, 0.717) is 0 Å². The van der Waals surface area contributed by atoms with E-state index in [1.165, 1.54) is 5.75 Å². The molecule has 0 aliphatic carbocycles. The van der Waals surface area contributed by atoms with Crippen LogP contribution in [0.4, 0.5) is 0 Å². The van der Waals surface area contributed by atoms with E-state index < -0.39 is 0 Å². The lowest BCUT2D eigenvalue weighted by Crippen LogP contribution is -2.03. The summed E-state index contributed by atoms with van der Waals surface area (Å²) in [6, 6.07) is 0. The van der Waals surface area contributed by atoms with Crippen molar-refractivity contribution in [2.24, 2.45) is 5.92 Å². The molecule has 0 aromatic heterocycles. The Kier molecular flexibility index (Phi) is 1.93. The molecule has 0 aromatic carbocycles. The summed E-state index contributed by atoms with van der Waals surface area (Å²) < 4.78 is 0. The van der Waals surface area contributed by atoms with E-state index in [2.05, 4.69) is 13.8 Å². The van der Waals surface area contributed by atoms with Gasteiger partial charge in [-0.15, -0.1) is 0 Å². The topological polar surface area (TPSA) is 0 Å². The molecule has 0 bridgehead atoms. The SMILES string of the molecule is C[C@@H]1CSS[C@@H]1C. The van der Waals surface area contributed by atoms with Crippen LogP contribution in [0.2, 0.25) is 0 Å². The van der Waals surface area contributed by atoms with Gasteiger partial charge in [-0.05, 0) is 5.92 Å². The van der Waals surface area contributed by atoms with E-state index in [4.69, 9.17) is 0 Å². The fourth-order valence-corrected chi connectivity index (χ4v) is 3.78. The zero-order chi connectivity index (χ0) is 5.28. The zero-order valence-corrected chi connectivity index (χ0v) is 6.31. The predicted octanol–water partition coefficient (Wildman–Crippen LogP) is 2.41. The molecule has 0 saturated carbocycles. The largest absolute Gasteiger partial charge is 0.0936 e.